The van der Waals surface area contributed by atoms with Crippen molar-refractivity contribution in [3.8, 4) is 0 Å². The van der Waals surface area contributed by atoms with E-state index < -0.39 is 0 Å². The molecular formula is C14H28N4. The molecule has 0 bridgehead atoms. The molecule has 18 heavy (non-hydrogen) atoms. The third kappa shape index (κ3) is 3.48. The summed E-state index contributed by atoms with van der Waals surface area (Å²) in [5, 5.41) is 3.54. The molecule has 0 radical (unpaired) electrons. The fraction of sp³-hybridized carbons (Fsp3) is 0.786. The van der Waals surface area contributed by atoms with Crippen LogP contribution in [0.25, 0.3) is 0 Å². The molecule has 0 fully saturated rings. The molecule has 104 valence electrons. The van der Waals surface area contributed by atoms with E-state index in [-0.39, 0.29) is 0 Å². The van der Waals surface area contributed by atoms with Crippen molar-refractivity contribution in [3.05, 3.63) is 11.9 Å². The van der Waals surface area contributed by atoms with Gasteiger partial charge in [-0.15, -0.1) is 0 Å². The molecule has 0 atom stereocenters. The maximum atomic E-state index is 4.41. The van der Waals surface area contributed by atoms with Crippen LogP contribution < -0.4 is 10.2 Å². The van der Waals surface area contributed by atoms with Gasteiger partial charge in [-0.25, -0.2) is 4.98 Å². The van der Waals surface area contributed by atoms with E-state index >= 15 is 0 Å². The van der Waals surface area contributed by atoms with Gasteiger partial charge in [-0.05, 0) is 11.3 Å². The van der Waals surface area contributed by atoms with E-state index in [4.69, 9.17) is 0 Å². The van der Waals surface area contributed by atoms with Gasteiger partial charge in [0.15, 0.2) is 0 Å². The molecule has 0 spiro atoms. The summed E-state index contributed by atoms with van der Waals surface area (Å²) in [6, 6.07) is 0. The zero-order chi connectivity index (χ0) is 13.9. The standard InChI is InChI=1S/C14H28N4/c1-11(2)14(3,4)10-15-8-12-9-16-13(17(5)6)18(12)7/h9,11,15H,8,10H2,1-7H3. The fourth-order valence-corrected chi connectivity index (χ4v) is 1.73. The average Bonchev–Trinajstić information content (AvgIpc) is 2.60. The van der Waals surface area contributed by atoms with E-state index in [2.05, 4.69) is 49.6 Å². The average molecular weight is 252 g/mol. The van der Waals surface area contributed by atoms with Crippen LogP contribution in [-0.2, 0) is 13.6 Å². The number of anilines is 1. The monoisotopic (exact) mass is 252 g/mol. The molecule has 0 aliphatic heterocycles. The van der Waals surface area contributed by atoms with Crippen LogP contribution >= 0.6 is 0 Å². The minimum atomic E-state index is 0.322. The van der Waals surface area contributed by atoms with Gasteiger partial charge in [0.2, 0.25) is 5.95 Å². The Kier molecular flexibility index (Phi) is 4.79. The minimum absolute atomic E-state index is 0.322. The van der Waals surface area contributed by atoms with Gasteiger partial charge >= 0.3 is 0 Å². The van der Waals surface area contributed by atoms with Crippen LogP contribution in [0, 0.1) is 11.3 Å². The molecule has 4 nitrogen and oxygen atoms in total. The first-order valence-electron chi connectivity index (χ1n) is 6.64. The Labute approximate surface area is 111 Å². The smallest absolute Gasteiger partial charge is 0.204 e. The van der Waals surface area contributed by atoms with Gasteiger partial charge in [-0.2, -0.15) is 0 Å². The number of hydrogen-bond donors (Lipinski definition) is 1. The molecule has 0 amide bonds. The number of nitrogens with one attached hydrogen (secondary N) is 1. The van der Waals surface area contributed by atoms with Gasteiger partial charge in [-0.3, -0.25) is 0 Å². The summed E-state index contributed by atoms with van der Waals surface area (Å²) in [4.78, 5) is 6.44. The van der Waals surface area contributed by atoms with Crippen molar-refractivity contribution in [3.63, 3.8) is 0 Å². The third-order valence-electron chi connectivity index (χ3n) is 3.91. The molecule has 0 unspecified atom stereocenters. The van der Waals surface area contributed by atoms with Crippen LogP contribution in [0.15, 0.2) is 6.20 Å². The van der Waals surface area contributed by atoms with E-state index in [1.807, 2.05) is 25.2 Å². The Morgan fingerprint density at radius 3 is 2.44 bits per heavy atom. The van der Waals surface area contributed by atoms with Gasteiger partial charge in [0.25, 0.3) is 0 Å². The lowest BCUT2D eigenvalue weighted by Crippen LogP contribution is -2.33. The number of aromatic nitrogens is 2. The lowest BCUT2D eigenvalue weighted by molar-refractivity contribution is 0.237. The highest BCUT2D eigenvalue weighted by Gasteiger charge is 2.21. The highest BCUT2D eigenvalue weighted by atomic mass is 15.3. The summed E-state index contributed by atoms with van der Waals surface area (Å²) in [5.41, 5.74) is 1.54. The van der Waals surface area contributed by atoms with Crippen molar-refractivity contribution in [2.75, 3.05) is 25.5 Å². The number of rotatable bonds is 6. The van der Waals surface area contributed by atoms with Crippen LogP contribution in [-0.4, -0.2) is 30.2 Å². The third-order valence-corrected chi connectivity index (χ3v) is 3.91. The first kappa shape index (κ1) is 15.0. The molecule has 1 aromatic rings. The first-order chi connectivity index (χ1) is 8.25. The van der Waals surface area contributed by atoms with Crippen LogP contribution in [0.2, 0.25) is 0 Å². The summed E-state index contributed by atoms with van der Waals surface area (Å²) in [7, 11) is 6.09. The highest BCUT2D eigenvalue weighted by molar-refractivity contribution is 5.30. The summed E-state index contributed by atoms with van der Waals surface area (Å²) in [6.07, 6.45) is 1.95. The molecular weight excluding hydrogens is 224 g/mol. The summed E-state index contributed by atoms with van der Waals surface area (Å²) in [5.74, 6) is 1.67. The predicted octanol–water partition coefficient (Wildman–Crippen LogP) is 2.26. The van der Waals surface area contributed by atoms with Gasteiger partial charge < -0.3 is 14.8 Å². The number of imidazole rings is 1. The summed E-state index contributed by atoms with van der Waals surface area (Å²) in [6.45, 7) is 11.0. The molecule has 0 saturated carbocycles. The fourth-order valence-electron chi connectivity index (χ4n) is 1.73. The molecule has 1 heterocycles. The molecule has 0 aliphatic carbocycles. The molecule has 0 saturated heterocycles. The van der Waals surface area contributed by atoms with E-state index in [9.17, 15) is 0 Å². The quantitative estimate of drug-likeness (QED) is 0.843. The zero-order valence-electron chi connectivity index (χ0n) is 12.9. The Morgan fingerprint density at radius 1 is 1.39 bits per heavy atom. The molecule has 1 N–H and O–H groups in total. The van der Waals surface area contributed by atoms with Gasteiger partial charge in [0.05, 0.1) is 11.9 Å². The first-order valence-corrected chi connectivity index (χ1v) is 6.64. The SMILES string of the molecule is CC(C)C(C)(C)CNCc1cnc(N(C)C)n1C. The topological polar surface area (TPSA) is 33.1 Å². The number of nitrogens with zero attached hydrogens (tertiary/aromatic N) is 3. The van der Waals surface area contributed by atoms with Crippen LogP contribution in [0.5, 0.6) is 0 Å². The normalized spacial score (nSPS) is 12.2. The molecule has 0 aromatic carbocycles. The summed E-state index contributed by atoms with van der Waals surface area (Å²) >= 11 is 0. The Balaban J connectivity index is 2.55. The van der Waals surface area contributed by atoms with E-state index in [1.54, 1.807) is 0 Å². The second-order valence-electron chi connectivity index (χ2n) is 6.25. The van der Waals surface area contributed by atoms with Crippen molar-refractivity contribution in [1.82, 2.24) is 14.9 Å². The highest BCUT2D eigenvalue weighted by Crippen LogP contribution is 2.24. The molecule has 4 heteroatoms. The molecule has 0 aliphatic rings. The predicted molar refractivity (Wildman–Crippen MR) is 77.9 cm³/mol. The van der Waals surface area contributed by atoms with E-state index in [0.29, 0.717) is 11.3 Å². The van der Waals surface area contributed by atoms with Gasteiger partial charge in [0.1, 0.15) is 0 Å². The van der Waals surface area contributed by atoms with Crippen LogP contribution in [0.4, 0.5) is 5.95 Å². The van der Waals surface area contributed by atoms with E-state index in [0.717, 1.165) is 19.0 Å². The largest absolute Gasteiger partial charge is 0.348 e. The van der Waals surface area contributed by atoms with Crippen molar-refractivity contribution < 1.29 is 0 Å². The number of hydrogen-bond acceptors (Lipinski definition) is 3. The molecule has 1 rings (SSSR count). The van der Waals surface area contributed by atoms with Crippen molar-refractivity contribution in [2.24, 2.45) is 18.4 Å². The van der Waals surface area contributed by atoms with Crippen LogP contribution in [0.1, 0.15) is 33.4 Å². The molecule has 1 aromatic heterocycles. The maximum absolute atomic E-state index is 4.41. The Bertz CT molecular complexity index is 377. The zero-order valence-corrected chi connectivity index (χ0v) is 12.9. The van der Waals surface area contributed by atoms with Crippen LogP contribution in [0.3, 0.4) is 0 Å². The second kappa shape index (κ2) is 5.74. The van der Waals surface area contributed by atoms with Gasteiger partial charge in [-0.1, -0.05) is 27.7 Å². The maximum Gasteiger partial charge on any atom is 0.204 e. The Morgan fingerprint density at radius 2 is 2.00 bits per heavy atom. The van der Waals surface area contributed by atoms with Crippen molar-refractivity contribution in [2.45, 2.75) is 34.2 Å². The lowest BCUT2D eigenvalue weighted by atomic mass is 9.81. The summed E-state index contributed by atoms with van der Waals surface area (Å²) < 4.78 is 2.13. The van der Waals surface area contributed by atoms with Gasteiger partial charge in [0, 0.05) is 34.2 Å². The Hall–Kier alpha value is -1.03. The second-order valence-corrected chi connectivity index (χ2v) is 6.25. The lowest BCUT2D eigenvalue weighted by Gasteiger charge is -2.29. The minimum Gasteiger partial charge on any atom is -0.348 e. The van der Waals surface area contributed by atoms with E-state index in [1.165, 1.54) is 5.69 Å². The van der Waals surface area contributed by atoms with Crippen molar-refractivity contribution in [1.29, 1.82) is 0 Å². The van der Waals surface area contributed by atoms with Crippen molar-refractivity contribution >= 4 is 5.95 Å².